The molecule has 2 unspecified atom stereocenters. The zero-order chi connectivity index (χ0) is 17.1. The Balaban J connectivity index is 2.05. The fourth-order valence-electron chi connectivity index (χ4n) is 2.98. The summed E-state index contributed by atoms with van der Waals surface area (Å²) in [6, 6.07) is 10.2. The molecule has 0 fully saturated rings. The molecule has 5 nitrogen and oxygen atoms in total. The lowest BCUT2D eigenvalue weighted by Crippen LogP contribution is -2.54. The molecule has 0 bridgehead atoms. The average Bonchev–Trinajstić information content (AvgIpc) is 2.92. The van der Waals surface area contributed by atoms with Crippen molar-refractivity contribution in [1.29, 1.82) is 5.26 Å². The van der Waals surface area contributed by atoms with Gasteiger partial charge in [-0.3, -0.25) is 10.1 Å². The Morgan fingerprint density at radius 1 is 1.48 bits per heavy atom. The molecule has 3 N–H and O–H groups in total. The van der Waals surface area contributed by atoms with Gasteiger partial charge in [-0.1, -0.05) is 38.1 Å². The molecule has 2 atom stereocenters. The topological polar surface area (TPSA) is 85.2 Å². The first-order chi connectivity index (χ1) is 10.9. The zero-order valence-corrected chi connectivity index (χ0v) is 14.0. The van der Waals surface area contributed by atoms with E-state index in [9.17, 15) is 15.2 Å². The summed E-state index contributed by atoms with van der Waals surface area (Å²) in [5.41, 5.74) is 0.800. The van der Waals surface area contributed by atoms with Gasteiger partial charge in [0, 0.05) is 0 Å². The number of aliphatic hydroxyl groups is 1. The van der Waals surface area contributed by atoms with E-state index in [1.165, 1.54) is 5.56 Å². The number of nitrogens with zero attached hydrogens (tertiary/aromatic N) is 1. The van der Waals surface area contributed by atoms with Crippen molar-refractivity contribution in [2.75, 3.05) is 13.2 Å². The van der Waals surface area contributed by atoms with E-state index in [2.05, 4.69) is 22.8 Å². The van der Waals surface area contributed by atoms with Gasteiger partial charge in [0.25, 0.3) is 0 Å². The van der Waals surface area contributed by atoms with Crippen LogP contribution in [0.4, 0.5) is 0 Å². The normalized spacial score (nSPS) is 22.3. The van der Waals surface area contributed by atoms with E-state index in [-0.39, 0.29) is 25.0 Å². The molecule has 1 aromatic rings. The van der Waals surface area contributed by atoms with Crippen molar-refractivity contribution < 1.29 is 9.90 Å². The quantitative estimate of drug-likeness (QED) is 0.742. The number of carbonyl (C=O) groups is 1. The van der Waals surface area contributed by atoms with Gasteiger partial charge in [0.15, 0.2) is 0 Å². The third-order valence-electron chi connectivity index (χ3n) is 5.00. The molecular weight excluding hydrogens is 290 g/mol. The van der Waals surface area contributed by atoms with Crippen molar-refractivity contribution in [3.63, 3.8) is 0 Å². The molecule has 0 heterocycles. The Hall–Kier alpha value is -1.90. The SMILES string of the molecule is CC(C)C(C)(C#N)NC(=O)CNC1(CO)CCc2ccccc21. The van der Waals surface area contributed by atoms with Crippen LogP contribution in [0.2, 0.25) is 0 Å². The predicted molar refractivity (Wildman–Crippen MR) is 88.5 cm³/mol. The summed E-state index contributed by atoms with van der Waals surface area (Å²) in [5.74, 6) is -0.226. The molecule has 5 heteroatoms. The Morgan fingerprint density at radius 2 is 2.17 bits per heavy atom. The number of aliphatic hydroxyl groups excluding tert-OH is 1. The number of benzene rings is 1. The average molecular weight is 315 g/mol. The van der Waals surface area contributed by atoms with Crippen molar-refractivity contribution in [1.82, 2.24) is 10.6 Å². The van der Waals surface area contributed by atoms with Crippen molar-refractivity contribution >= 4 is 5.91 Å². The van der Waals surface area contributed by atoms with Crippen LogP contribution >= 0.6 is 0 Å². The van der Waals surface area contributed by atoms with E-state index in [0.29, 0.717) is 0 Å². The van der Waals surface area contributed by atoms with Crippen LogP contribution in [0.5, 0.6) is 0 Å². The lowest BCUT2D eigenvalue weighted by atomic mass is 9.90. The van der Waals surface area contributed by atoms with Gasteiger partial charge >= 0.3 is 0 Å². The van der Waals surface area contributed by atoms with Crippen LogP contribution in [0.3, 0.4) is 0 Å². The standard InChI is InChI=1S/C18H25N3O2/c1-13(2)17(3,11-19)21-16(23)10-20-18(12-22)9-8-14-6-4-5-7-15(14)18/h4-7,13,20,22H,8-10,12H2,1-3H3,(H,21,23). The highest BCUT2D eigenvalue weighted by atomic mass is 16.3. The van der Waals surface area contributed by atoms with Crippen molar-refractivity contribution in [2.24, 2.45) is 5.92 Å². The van der Waals surface area contributed by atoms with Gasteiger partial charge in [0.1, 0.15) is 5.54 Å². The summed E-state index contributed by atoms with van der Waals surface area (Å²) >= 11 is 0. The van der Waals surface area contributed by atoms with Gasteiger partial charge in [-0.15, -0.1) is 0 Å². The fourth-order valence-corrected chi connectivity index (χ4v) is 2.98. The number of amides is 1. The Labute approximate surface area is 137 Å². The molecule has 124 valence electrons. The summed E-state index contributed by atoms with van der Waals surface area (Å²) in [6.07, 6.45) is 1.64. The van der Waals surface area contributed by atoms with Crippen LogP contribution in [0.15, 0.2) is 24.3 Å². The third kappa shape index (κ3) is 3.39. The van der Waals surface area contributed by atoms with E-state index >= 15 is 0 Å². The summed E-state index contributed by atoms with van der Waals surface area (Å²) in [4.78, 5) is 12.2. The molecule has 1 aromatic carbocycles. The summed E-state index contributed by atoms with van der Waals surface area (Å²) in [5, 5.41) is 25.2. The van der Waals surface area contributed by atoms with Crippen molar-refractivity contribution in [3.8, 4) is 6.07 Å². The molecule has 1 amide bonds. The van der Waals surface area contributed by atoms with Gasteiger partial charge in [-0.2, -0.15) is 5.26 Å². The second-order valence-electron chi connectivity index (χ2n) is 6.77. The molecule has 23 heavy (non-hydrogen) atoms. The molecular formula is C18H25N3O2. The van der Waals surface area contributed by atoms with E-state index in [1.54, 1.807) is 6.92 Å². The van der Waals surface area contributed by atoms with Gasteiger partial charge in [0.05, 0.1) is 24.8 Å². The number of hydrogen-bond acceptors (Lipinski definition) is 4. The number of rotatable bonds is 6. The van der Waals surface area contributed by atoms with Crippen LogP contribution in [0.25, 0.3) is 0 Å². The lowest BCUT2D eigenvalue weighted by molar-refractivity contribution is -0.122. The number of fused-ring (bicyclic) bond motifs is 1. The molecule has 0 saturated heterocycles. The number of carbonyl (C=O) groups excluding carboxylic acids is 1. The van der Waals surface area contributed by atoms with Gasteiger partial charge in [-0.05, 0) is 36.8 Å². The van der Waals surface area contributed by atoms with Gasteiger partial charge < -0.3 is 10.4 Å². The molecule has 1 aliphatic carbocycles. The minimum Gasteiger partial charge on any atom is -0.394 e. The molecule has 0 radical (unpaired) electrons. The Morgan fingerprint density at radius 3 is 2.78 bits per heavy atom. The molecule has 0 aliphatic heterocycles. The molecule has 1 aliphatic rings. The third-order valence-corrected chi connectivity index (χ3v) is 5.00. The molecule has 0 saturated carbocycles. The van der Waals surface area contributed by atoms with Crippen LogP contribution in [-0.4, -0.2) is 29.7 Å². The van der Waals surface area contributed by atoms with Crippen LogP contribution in [0, 0.1) is 17.2 Å². The van der Waals surface area contributed by atoms with Gasteiger partial charge in [-0.25, -0.2) is 0 Å². The molecule has 2 rings (SSSR count). The zero-order valence-electron chi connectivity index (χ0n) is 14.0. The largest absolute Gasteiger partial charge is 0.394 e. The highest BCUT2D eigenvalue weighted by molar-refractivity contribution is 5.79. The number of aryl methyl sites for hydroxylation is 1. The van der Waals surface area contributed by atoms with Crippen molar-refractivity contribution in [3.05, 3.63) is 35.4 Å². The first-order valence-electron chi connectivity index (χ1n) is 8.03. The number of hydrogen-bond donors (Lipinski definition) is 3. The van der Waals surface area contributed by atoms with Crippen LogP contribution in [-0.2, 0) is 16.8 Å². The minimum absolute atomic E-state index is 0.00968. The fraction of sp³-hybridized carbons (Fsp3) is 0.556. The highest BCUT2D eigenvalue weighted by Crippen LogP contribution is 2.36. The second-order valence-corrected chi connectivity index (χ2v) is 6.77. The Bertz CT molecular complexity index is 623. The Kier molecular flexibility index (Phi) is 5.08. The second kappa shape index (κ2) is 6.69. The maximum absolute atomic E-state index is 12.2. The lowest BCUT2D eigenvalue weighted by Gasteiger charge is -2.31. The van der Waals surface area contributed by atoms with Crippen LogP contribution < -0.4 is 10.6 Å². The maximum Gasteiger partial charge on any atom is 0.235 e. The van der Waals surface area contributed by atoms with E-state index in [1.807, 2.05) is 32.0 Å². The van der Waals surface area contributed by atoms with Crippen molar-refractivity contribution in [2.45, 2.75) is 44.7 Å². The van der Waals surface area contributed by atoms with E-state index in [4.69, 9.17) is 0 Å². The molecule has 0 spiro atoms. The monoisotopic (exact) mass is 315 g/mol. The molecule has 0 aromatic heterocycles. The number of nitrogens with one attached hydrogen (secondary N) is 2. The summed E-state index contributed by atoms with van der Waals surface area (Å²) in [7, 11) is 0. The first-order valence-corrected chi connectivity index (χ1v) is 8.03. The maximum atomic E-state index is 12.2. The smallest absolute Gasteiger partial charge is 0.235 e. The van der Waals surface area contributed by atoms with Crippen LogP contribution in [0.1, 0.15) is 38.3 Å². The number of nitriles is 1. The summed E-state index contributed by atoms with van der Waals surface area (Å²) < 4.78 is 0. The summed E-state index contributed by atoms with van der Waals surface area (Å²) in [6.45, 7) is 5.54. The predicted octanol–water partition coefficient (Wildman–Crippen LogP) is 1.46. The first kappa shape index (κ1) is 17.5. The van der Waals surface area contributed by atoms with E-state index < -0.39 is 11.1 Å². The van der Waals surface area contributed by atoms with Gasteiger partial charge in [0.2, 0.25) is 5.91 Å². The van der Waals surface area contributed by atoms with E-state index in [0.717, 1.165) is 18.4 Å². The minimum atomic E-state index is -0.890. The highest BCUT2D eigenvalue weighted by Gasteiger charge is 2.38.